The van der Waals surface area contributed by atoms with Gasteiger partial charge in [0.15, 0.2) is 5.69 Å². The van der Waals surface area contributed by atoms with Gasteiger partial charge in [-0.05, 0) is 0 Å². The van der Waals surface area contributed by atoms with Crippen LogP contribution in [0, 0.1) is 0 Å². The molecule has 1 heterocycles. The fraction of sp³-hybridized carbons (Fsp3) is 0.182. The molecule has 2 rings (SSSR count). The lowest BCUT2D eigenvalue weighted by Crippen LogP contribution is -2.04. The molecule has 0 spiro atoms. The number of benzene rings is 1. The second-order valence-corrected chi connectivity index (χ2v) is 3.24. The third-order valence-corrected chi connectivity index (χ3v) is 2.14. The molecule has 5 heteroatoms. The maximum Gasteiger partial charge on any atom is 0.360 e. The van der Waals surface area contributed by atoms with Crippen LogP contribution < -0.4 is 0 Å². The molecule has 1 aromatic heterocycles. The number of aryl methyl sites for hydroxylation is 1. The van der Waals surface area contributed by atoms with E-state index in [1.165, 1.54) is 11.9 Å². The molecule has 0 amide bonds. The number of carbonyl (C=O) groups excluding carboxylic acids is 1. The maximum atomic E-state index is 11.5. The molecule has 16 heavy (non-hydrogen) atoms. The van der Waals surface area contributed by atoms with E-state index in [-0.39, 0.29) is 5.69 Å². The lowest BCUT2D eigenvalue weighted by Gasteiger charge is -1.98. The summed E-state index contributed by atoms with van der Waals surface area (Å²) >= 11 is 0. The summed E-state index contributed by atoms with van der Waals surface area (Å²) in [7, 11) is 2.99. The van der Waals surface area contributed by atoms with Crippen LogP contribution in [-0.2, 0) is 11.8 Å². The van der Waals surface area contributed by atoms with Crippen molar-refractivity contribution < 1.29 is 9.53 Å². The number of ether oxygens (including phenoxy) is 1. The van der Waals surface area contributed by atoms with Crippen LogP contribution in [0.4, 0.5) is 0 Å². The van der Waals surface area contributed by atoms with E-state index in [9.17, 15) is 4.79 Å². The Morgan fingerprint density at radius 1 is 1.25 bits per heavy atom. The van der Waals surface area contributed by atoms with Crippen molar-refractivity contribution in [1.82, 2.24) is 15.0 Å². The van der Waals surface area contributed by atoms with Gasteiger partial charge >= 0.3 is 5.97 Å². The molecule has 0 unspecified atom stereocenters. The number of esters is 1. The first-order valence-corrected chi connectivity index (χ1v) is 4.77. The third-order valence-electron chi connectivity index (χ3n) is 2.14. The fourth-order valence-corrected chi connectivity index (χ4v) is 1.43. The molecule has 0 aliphatic carbocycles. The minimum atomic E-state index is -0.480. The molecular weight excluding hydrogens is 206 g/mol. The second-order valence-electron chi connectivity index (χ2n) is 3.24. The molecule has 0 fully saturated rings. The van der Waals surface area contributed by atoms with Gasteiger partial charge in [0.1, 0.15) is 5.69 Å². The number of methoxy groups -OCH3 is 1. The Kier molecular flexibility index (Phi) is 2.68. The number of hydrogen-bond acceptors (Lipinski definition) is 4. The Balaban J connectivity index is 2.53. The summed E-state index contributed by atoms with van der Waals surface area (Å²) in [5, 5.41) is 8.14. The zero-order chi connectivity index (χ0) is 11.5. The van der Waals surface area contributed by atoms with Crippen LogP contribution in [0.15, 0.2) is 30.3 Å². The molecule has 0 saturated carbocycles. The minimum absolute atomic E-state index is 0.233. The van der Waals surface area contributed by atoms with E-state index < -0.39 is 5.97 Å². The Bertz CT molecular complexity index is 505. The van der Waals surface area contributed by atoms with Crippen LogP contribution >= 0.6 is 0 Å². The summed E-state index contributed by atoms with van der Waals surface area (Å²) in [5.41, 5.74) is 1.61. The molecule has 82 valence electrons. The highest BCUT2D eigenvalue weighted by Gasteiger charge is 2.19. The first-order valence-electron chi connectivity index (χ1n) is 4.77. The van der Waals surface area contributed by atoms with E-state index in [1.54, 1.807) is 7.05 Å². The first-order chi connectivity index (χ1) is 7.72. The summed E-state index contributed by atoms with van der Waals surface area (Å²) in [6.07, 6.45) is 0. The predicted molar refractivity (Wildman–Crippen MR) is 57.8 cm³/mol. The van der Waals surface area contributed by atoms with Crippen LogP contribution in [0.3, 0.4) is 0 Å². The molecule has 0 radical (unpaired) electrons. The number of aromatic nitrogens is 3. The Morgan fingerprint density at radius 3 is 2.56 bits per heavy atom. The van der Waals surface area contributed by atoms with Crippen molar-refractivity contribution in [1.29, 1.82) is 0 Å². The van der Waals surface area contributed by atoms with Crippen molar-refractivity contribution >= 4 is 5.97 Å². The summed E-state index contributed by atoms with van der Waals surface area (Å²) in [6, 6.07) is 9.40. The predicted octanol–water partition coefficient (Wildman–Crippen LogP) is 1.27. The fourth-order valence-electron chi connectivity index (χ4n) is 1.43. The maximum absolute atomic E-state index is 11.5. The molecule has 0 aliphatic rings. The van der Waals surface area contributed by atoms with Crippen LogP contribution in [0.1, 0.15) is 10.5 Å². The van der Waals surface area contributed by atoms with Crippen LogP contribution in [0.2, 0.25) is 0 Å². The van der Waals surface area contributed by atoms with Crippen molar-refractivity contribution in [2.75, 3.05) is 7.11 Å². The second kappa shape index (κ2) is 4.14. The van der Waals surface area contributed by atoms with Gasteiger partial charge in [0.2, 0.25) is 0 Å². The van der Waals surface area contributed by atoms with Crippen LogP contribution in [0.5, 0.6) is 0 Å². The molecule has 0 aliphatic heterocycles. The number of carbonyl (C=O) groups is 1. The van der Waals surface area contributed by atoms with E-state index in [0.717, 1.165) is 5.56 Å². The van der Waals surface area contributed by atoms with E-state index in [1.807, 2.05) is 30.3 Å². The highest BCUT2D eigenvalue weighted by molar-refractivity contribution is 5.93. The topological polar surface area (TPSA) is 57.0 Å². The average Bonchev–Trinajstić information content (AvgIpc) is 2.71. The normalized spacial score (nSPS) is 10.1. The largest absolute Gasteiger partial charge is 0.464 e. The molecular formula is C11H11N3O2. The number of hydrogen-bond donors (Lipinski definition) is 0. The van der Waals surface area contributed by atoms with Gasteiger partial charge in [-0.25, -0.2) is 4.79 Å². The van der Waals surface area contributed by atoms with Crippen LogP contribution in [0.25, 0.3) is 11.3 Å². The van der Waals surface area contributed by atoms with E-state index in [2.05, 4.69) is 14.9 Å². The van der Waals surface area contributed by atoms with Gasteiger partial charge in [0, 0.05) is 12.6 Å². The quantitative estimate of drug-likeness (QED) is 0.711. The lowest BCUT2D eigenvalue weighted by atomic mass is 10.1. The smallest absolute Gasteiger partial charge is 0.360 e. The first kappa shape index (κ1) is 10.4. The van der Waals surface area contributed by atoms with Gasteiger partial charge in [-0.2, -0.15) is 9.90 Å². The van der Waals surface area contributed by atoms with Crippen molar-refractivity contribution in [3.8, 4) is 11.3 Å². The number of nitrogens with zero attached hydrogens (tertiary/aromatic N) is 3. The van der Waals surface area contributed by atoms with Gasteiger partial charge in [-0.1, -0.05) is 30.3 Å². The van der Waals surface area contributed by atoms with Crippen molar-refractivity contribution in [2.45, 2.75) is 0 Å². The monoisotopic (exact) mass is 217 g/mol. The van der Waals surface area contributed by atoms with E-state index >= 15 is 0 Å². The van der Waals surface area contributed by atoms with Gasteiger partial charge in [-0.3, -0.25) is 0 Å². The third kappa shape index (κ3) is 1.79. The zero-order valence-electron chi connectivity index (χ0n) is 9.04. The summed E-state index contributed by atoms with van der Waals surface area (Å²) in [5.74, 6) is -0.480. The molecule has 0 saturated heterocycles. The molecule has 0 N–H and O–H groups in total. The highest BCUT2D eigenvalue weighted by atomic mass is 16.5. The molecule has 2 aromatic rings. The van der Waals surface area contributed by atoms with E-state index in [0.29, 0.717) is 5.69 Å². The minimum Gasteiger partial charge on any atom is -0.464 e. The summed E-state index contributed by atoms with van der Waals surface area (Å²) in [6.45, 7) is 0. The lowest BCUT2D eigenvalue weighted by molar-refractivity contribution is 0.0594. The van der Waals surface area contributed by atoms with Crippen molar-refractivity contribution in [3.63, 3.8) is 0 Å². The number of rotatable bonds is 2. The van der Waals surface area contributed by atoms with Gasteiger partial charge in [0.25, 0.3) is 0 Å². The van der Waals surface area contributed by atoms with Gasteiger partial charge in [0.05, 0.1) is 7.11 Å². The molecule has 0 atom stereocenters. The molecule has 5 nitrogen and oxygen atoms in total. The van der Waals surface area contributed by atoms with Crippen molar-refractivity contribution in [3.05, 3.63) is 36.0 Å². The van der Waals surface area contributed by atoms with Gasteiger partial charge in [-0.15, -0.1) is 5.10 Å². The molecule has 1 aromatic carbocycles. The zero-order valence-corrected chi connectivity index (χ0v) is 9.04. The van der Waals surface area contributed by atoms with Crippen molar-refractivity contribution in [2.24, 2.45) is 7.05 Å². The Hall–Kier alpha value is -2.17. The Morgan fingerprint density at radius 2 is 1.94 bits per heavy atom. The Labute approximate surface area is 92.7 Å². The van der Waals surface area contributed by atoms with Gasteiger partial charge < -0.3 is 4.74 Å². The summed E-state index contributed by atoms with van der Waals surface area (Å²) in [4.78, 5) is 12.8. The molecule has 0 bridgehead atoms. The average molecular weight is 217 g/mol. The van der Waals surface area contributed by atoms with Crippen LogP contribution in [-0.4, -0.2) is 28.1 Å². The van der Waals surface area contributed by atoms with E-state index in [4.69, 9.17) is 0 Å². The summed E-state index contributed by atoms with van der Waals surface area (Å²) < 4.78 is 4.66. The highest BCUT2D eigenvalue weighted by Crippen LogP contribution is 2.19. The SMILES string of the molecule is COC(=O)c1nn(C)nc1-c1ccccc1. The standard InChI is InChI=1S/C11H11N3O2/c1-14-12-9(8-6-4-3-5-7-8)10(13-14)11(15)16-2/h3-7H,1-2H3.